The molecule has 0 aromatic heterocycles. The van der Waals surface area contributed by atoms with Gasteiger partial charge in [0, 0.05) is 0 Å². The summed E-state index contributed by atoms with van der Waals surface area (Å²) >= 11 is 3.16. The SMILES string of the molecule is OC(CCCc1ccccc1)Cc1ccc(F)c(Br)c1. The first-order chi connectivity index (χ1) is 9.65. The standard InChI is InChI=1S/C17H18BrFO/c18-16-12-14(9-10-17(16)19)11-15(20)8-4-7-13-5-2-1-3-6-13/h1-3,5-6,9-10,12,15,20H,4,7-8,11H2. The van der Waals surface area contributed by atoms with Crippen molar-refractivity contribution in [3.05, 3.63) is 69.9 Å². The van der Waals surface area contributed by atoms with Crippen LogP contribution >= 0.6 is 15.9 Å². The van der Waals surface area contributed by atoms with Gasteiger partial charge in [-0.3, -0.25) is 0 Å². The van der Waals surface area contributed by atoms with Crippen molar-refractivity contribution in [3.8, 4) is 0 Å². The number of aliphatic hydroxyl groups excluding tert-OH is 1. The van der Waals surface area contributed by atoms with Gasteiger partial charge in [-0.05, 0) is 64.9 Å². The number of benzene rings is 2. The molecule has 0 radical (unpaired) electrons. The third kappa shape index (κ3) is 4.73. The first-order valence-corrected chi connectivity index (χ1v) is 7.60. The molecule has 3 heteroatoms. The molecule has 0 aliphatic rings. The lowest BCUT2D eigenvalue weighted by Crippen LogP contribution is -2.10. The van der Waals surface area contributed by atoms with Crippen molar-refractivity contribution in [3.63, 3.8) is 0 Å². The topological polar surface area (TPSA) is 20.2 Å². The highest BCUT2D eigenvalue weighted by Crippen LogP contribution is 2.18. The van der Waals surface area contributed by atoms with E-state index in [4.69, 9.17) is 0 Å². The molecule has 0 saturated carbocycles. The van der Waals surface area contributed by atoms with Gasteiger partial charge >= 0.3 is 0 Å². The smallest absolute Gasteiger partial charge is 0.137 e. The van der Waals surface area contributed by atoms with Gasteiger partial charge in [0.1, 0.15) is 5.82 Å². The van der Waals surface area contributed by atoms with Gasteiger partial charge in [0.25, 0.3) is 0 Å². The predicted octanol–water partition coefficient (Wildman–Crippen LogP) is 4.51. The van der Waals surface area contributed by atoms with E-state index in [-0.39, 0.29) is 11.9 Å². The number of halogens is 2. The van der Waals surface area contributed by atoms with Crippen molar-refractivity contribution >= 4 is 15.9 Å². The summed E-state index contributed by atoms with van der Waals surface area (Å²) in [5.74, 6) is -0.271. The molecule has 2 aromatic rings. The zero-order valence-electron chi connectivity index (χ0n) is 11.2. The van der Waals surface area contributed by atoms with Crippen LogP contribution in [0.15, 0.2) is 53.0 Å². The van der Waals surface area contributed by atoms with Crippen molar-refractivity contribution in [2.45, 2.75) is 31.8 Å². The summed E-state index contributed by atoms with van der Waals surface area (Å²) in [5, 5.41) is 10.0. The van der Waals surface area contributed by atoms with E-state index in [1.165, 1.54) is 11.6 Å². The Balaban J connectivity index is 1.77. The highest BCUT2D eigenvalue weighted by atomic mass is 79.9. The summed E-state index contributed by atoms with van der Waals surface area (Å²) < 4.78 is 13.6. The van der Waals surface area contributed by atoms with Gasteiger partial charge in [-0.25, -0.2) is 4.39 Å². The van der Waals surface area contributed by atoms with Crippen molar-refractivity contribution in [2.24, 2.45) is 0 Å². The highest BCUT2D eigenvalue weighted by molar-refractivity contribution is 9.10. The molecule has 106 valence electrons. The van der Waals surface area contributed by atoms with Crippen molar-refractivity contribution in [1.29, 1.82) is 0 Å². The molecule has 0 fully saturated rings. The van der Waals surface area contributed by atoms with Crippen LogP contribution in [0.2, 0.25) is 0 Å². The second-order valence-electron chi connectivity index (χ2n) is 4.98. The second kappa shape index (κ2) is 7.55. The van der Waals surface area contributed by atoms with Crippen molar-refractivity contribution in [1.82, 2.24) is 0 Å². The summed E-state index contributed by atoms with van der Waals surface area (Å²) in [7, 11) is 0. The Morgan fingerprint density at radius 1 is 1.05 bits per heavy atom. The molecule has 0 amide bonds. The van der Waals surface area contributed by atoms with Crippen LogP contribution < -0.4 is 0 Å². The number of aryl methyl sites for hydroxylation is 1. The summed E-state index contributed by atoms with van der Waals surface area (Å²) in [6.07, 6.45) is 2.87. The summed E-state index contributed by atoms with van der Waals surface area (Å²) in [4.78, 5) is 0. The molecule has 0 bridgehead atoms. The van der Waals surface area contributed by atoms with Crippen LogP contribution in [0, 0.1) is 5.82 Å². The van der Waals surface area contributed by atoms with Gasteiger partial charge in [0.15, 0.2) is 0 Å². The summed E-state index contributed by atoms with van der Waals surface area (Å²) in [6.45, 7) is 0. The average molecular weight is 337 g/mol. The molecule has 20 heavy (non-hydrogen) atoms. The summed E-state index contributed by atoms with van der Waals surface area (Å²) in [6, 6.07) is 15.1. The van der Waals surface area contributed by atoms with E-state index in [1.807, 2.05) is 18.2 Å². The second-order valence-corrected chi connectivity index (χ2v) is 5.84. The Bertz CT molecular complexity index is 542. The minimum absolute atomic E-state index is 0.271. The van der Waals surface area contributed by atoms with E-state index in [2.05, 4.69) is 28.1 Å². The minimum atomic E-state index is -0.379. The number of hydrogen-bond acceptors (Lipinski definition) is 1. The Kier molecular flexibility index (Phi) is 5.74. The molecular formula is C17H18BrFO. The largest absolute Gasteiger partial charge is 0.393 e. The number of hydrogen-bond donors (Lipinski definition) is 1. The Morgan fingerprint density at radius 2 is 1.80 bits per heavy atom. The van der Waals surface area contributed by atoms with E-state index < -0.39 is 0 Å². The molecule has 0 saturated heterocycles. The highest BCUT2D eigenvalue weighted by Gasteiger charge is 2.07. The average Bonchev–Trinajstić information content (AvgIpc) is 2.44. The molecule has 0 spiro atoms. The normalized spacial score (nSPS) is 12.3. The van der Waals surface area contributed by atoms with Crippen LogP contribution in [0.3, 0.4) is 0 Å². The fraction of sp³-hybridized carbons (Fsp3) is 0.294. The molecule has 0 heterocycles. The van der Waals surface area contributed by atoms with Crippen LogP contribution in [0.4, 0.5) is 4.39 Å². The van der Waals surface area contributed by atoms with Gasteiger partial charge in [-0.1, -0.05) is 36.4 Å². The Morgan fingerprint density at radius 3 is 2.50 bits per heavy atom. The van der Waals surface area contributed by atoms with Gasteiger partial charge in [0.05, 0.1) is 10.6 Å². The summed E-state index contributed by atoms with van der Waals surface area (Å²) in [5.41, 5.74) is 2.25. The molecule has 2 aromatic carbocycles. The molecule has 0 aliphatic carbocycles. The van der Waals surface area contributed by atoms with E-state index in [0.29, 0.717) is 10.9 Å². The lowest BCUT2D eigenvalue weighted by molar-refractivity contribution is 0.162. The number of aliphatic hydroxyl groups is 1. The van der Waals surface area contributed by atoms with Crippen LogP contribution in [-0.4, -0.2) is 11.2 Å². The van der Waals surface area contributed by atoms with E-state index >= 15 is 0 Å². The van der Waals surface area contributed by atoms with E-state index in [9.17, 15) is 9.50 Å². The van der Waals surface area contributed by atoms with Gasteiger partial charge in [0.2, 0.25) is 0 Å². The van der Waals surface area contributed by atoms with E-state index in [0.717, 1.165) is 24.8 Å². The molecule has 1 unspecified atom stereocenters. The lowest BCUT2D eigenvalue weighted by atomic mass is 10.0. The molecule has 1 nitrogen and oxygen atoms in total. The molecule has 0 aliphatic heterocycles. The van der Waals surface area contributed by atoms with Crippen LogP contribution in [0.1, 0.15) is 24.0 Å². The maximum absolute atomic E-state index is 13.1. The molecule has 1 atom stereocenters. The van der Waals surface area contributed by atoms with E-state index in [1.54, 1.807) is 12.1 Å². The first-order valence-electron chi connectivity index (χ1n) is 6.81. The Labute approximate surface area is 127 Å². The lowest BCUT2D eigenvalue weighted by Gasteiger charge is -2.11. The van der Waals surface area contributed by atoms with Crippen LogP contribution in [-0.2, 0) is 12.8 Å². The van der Waals surface area contributed by atoms with Crippen molar-refractivity contribution < 1.29 is 9.50 Å². The van der Waals surface area contributed by atoms with Crippen LogP contribution in [0.25, 0.3) is 0 Å². The maximum Gasteiger partial charge on any atom is 0.137 e. The van der Waals surface area contributed by atoms with Gasteiger partial charge in [-0.15, -0.1) is 0 Å². The quantitative estimate of drug-likeness (QED) is 0.822. The van der Waals surface area contributed by atoms with Gasteiger partial charge in [-0.2, -0.15) is 0 Å². The monoisotopic (exact) mass is 336 g/mol. The molecule has 2 rings (SSSR count). The maximum atomic E-state index is 13.1. The molecule has 1 N–H and O–H groups in total. The predicted molar refractivity (Wildman–Crippen MR) is 83.2 cm³/mol. The number of rotatable bonds is 6. The minimum Gasteiger partial charge on any atom is -0.393 e. The van der Waals surface area contributed by atoms with Crippen LogP contribution in [0.5, 0.6) is 0 Å². The third-order valence-electron chi connectivity index (χ3n) is 3.30. The zero-order chi connectivity index (χ0) is 14.4. The van der Waals surface area contributed by atoms with Gasteiger partial charge < -0.3 is 5.11 Å². The first kappa shape index (κ1) is 15.2. The fourth-order valence-corrected chi connectivity index (χ4v) is 2.65. The molecular weight excluding hydrogens is 319 g/mol. The Hall–Kier alpha value is -1.19. The van der Waals surface area contributed by atoms with Crippen molar-refractivity contribution in [2.75, 3.05) is 0 Å². The fourth-order valence-electron chi connectivity index (χ4n) is 2.23. The zero-order valence-corrected chi connectivity index (χ0v) is 12.8. The third-order valence-corrected chi connectivity index (χ3v) is 3.91.